The Labute approximate surface area is 110 Å². The number of hydrogen-bond acceptors (Lipinski definition) is 3. The highest BCUT2D eigenvalue weighted by molar-refractivity contribution is 7.89. The second-order valence-electron chi connectivity index (χ2n) is 5.28. The number of benzene rings is 1. The first-order valence-corrected chi connectivity index (χ1v) is 7.61. The third-order valence-electron chi connectivity index (χ3n) is 2.18. The third-order valence-corrected chi connectivity index (χ3v) is 4.00. The van der Waals surface area contributed by atoms with Crippen LogP contribution in [-0.2, 0) is 10.0 Å². The lowest BCUT2D eigenvalue weighted by Crippen LogP contribution is -2.40. The van der Waals surface area contributed by atoms with Crippen LogP contribution in [0.4, 0.5) is 5.69 Å². The van der Waals surface area contributed by atoms with E-state index in [2.05, 4.69) is 10.0 Å². The molecule has 18 heavy (non-hydrogen) atoms. The van der Waals surface area contributed by atoms with Crippen molar-refractivity contribution in [2.45, 2.75) is 44.6 Å². The molecule has 0 fully saturated rings. The molecule has 2 N–H and O–H groups in total. The largest absolute Gasteiger partial charge is 0.384 e. The van der Waals surface area contributed by atoms with Crippen LogP contribution in [-0.4, -0.2) is 20.5 Å². The van der Waals surface area contributed by atoms with Crippen LogP contribution in [0.15, 0.2) is 29.2 Å². The molecule has 0 radical (unpaired) electrons. The number of anilines is 1. The van der Waals surface area contributed by atoms with E-state index < -0.39 is 15.6 Å². The molecule has 102 valence electrons. The Bertz CT molecular complexity index is 490. The summed E-state index contributed by atoms with van der Waals surface area (Å²) in [6, 6.07) is 6.96. The normalized spacial score (nSPS) is 12.4. The maximum atomic E-state index is 12.3. The van der Waals surface area contributed by atoms with Gasteiger partial charge in [-0.3, -0.25) is 0 Å². The van der Waals surface area contributed by atoms with E-state index in [0.717, 1.165) is 13.0 Å². The van der Waals surface area contributed by atoms with Crippen LogP contribution >= 0.6 is 0 Å². The van der Waals surface area contributed by atoms with E-state index in [-0.39, 0.29) is 0 Å². The van der Waals surface area contributed by atoms with Crippen molar-refractivity contribution in [1.29, 1.82) is 0 Å². The van der Waals surface area contributed by atoms with E-state index in [1.54, 1.807) is 18.2 Å². The molecule has 1 rings (SSSR count). The van der Waals surface area contributed by atoms with Crippen LogP contribution in [0.3, 0.4) is 0 Å². The molecule has 0 bridgehead atoms. The van der Waals surface area contributed by atoms with Gasteiger partial charge in [0.25, 0.3) is 0 Å². The van der Waals surface area contributed by atoms with Crippen LogP contribution in [0.25, 0.3) is 0 Å². The van der Waals surface area contributed by atoms with Crippen LogP contribution in [0.1, 0.15) is 34.1 Å². The van der Waals surface area contributed by atoms with Crippen molar-refractivity contribution < 1.29 is 8.42 Å². The second-order valence-corrected chi connectivity index (χ2v) is 6.93. The Kier molecular flexibility index (Phi) is 4.76. The van der Waals surface area contributed by atoms with E-state index >= 15 is 0 Å². The number of sulfonamides is 1. The highest BCUT2D eigenvalue weighted by atomic mass is 32.2. The van der Waals surface area contributed by atoms with Gasteiger partial charge in [0.15, 0.2) is 0 Å². The van der Waals surface area contributed by atoms with Gasteiger partial charge >= 0.3 is 0 Å². The summed E-state index contributed by atoms with van der Waals surface area (Å²) in [6.45, 7) is 8.27. The lowest BCUT2D eigenvalue weighted by atomic mass is 10.1. The molecule has 0 aliphatic carbocycles. The quantitative estimate of drug-likeness (QED) is 0.864. The van der Waals surface area contributed by atoms with Gasteiger partial charge in [0.2, 0.25) is 10.0 Å². The monoisotopic (exact) mass is 270 g/mol. The van der Waals surface area contributed by atoms with Gasteiger partial charge in [-0.1, -0.05) is 19.1 Å². The first-order chi connectivity index (χ1) is 8.26. The number of para-hydroxylation sites is 1. The van der Waals surface area contributed by atoms with E-state index in [1.165, 1.54) is 0 Å². The fraction of sp³-hybridized carbons (Fsp3) is 0.538. The molecule has 4 nitrogen and oxygen atoms in total. The van der Waals surface area contributed by atoms with Gasteiger partial charge in [0.05, 0.1) is 5.69 Å². The van der Waals surface area contributed by atoms with E-state index in [0.29, 0.717) is 10.6 Å². The van der Waals surface area contributed by atoms with Crippen molar-refractivity contribution in [3.8, 4) is 0 Å². The van der Waals surface area contributed by atoms with Crippen LogP contribution < -0.4 is 10.0 Å². The maximum absolute atomic E-state index is 12.3. The number of rotatable bonds is 5. The molecule has 0 spiro atoms. The fourth-order valence-electron chi connectivity index (χ4n) is 1.56. The van der Waals surface area contributed by atoms with Crippen molar-refractivity contribution in [1.82, 2.24) is 4.72 Å². The van der Waals surface area contributed by atoms with Crippen molar-refractivity contribution in [3.63, 3.8) is 0 Å². The zero-order valence-electron chi connectivity index (χ0n) is 11.4. The molecule has 0 aliphatic heterocycles. The lowest BCUT2D eigenvalue weighted by molar-refractivity contribution is 0.491. The Hall–Kier alpha value is -1.07. The summed E-state index contributed by atoms with van der Waals surface area (Å²) >= 11 is 0. The van der Waals surface area contributed by atoms with Crippen molar-refractivity contribution in [2.75, 3.05) is 11.9 Å². The van der Waals surface area contributed by atoms with Crippen molar-refractivity contribution >= 4 is 15.7 Å². The van der Waals surface area contributed by atoms with Gasteiger partial charge in [-0.05, 0) is 39.3 Å². The average molecular weight is 270 g/mol. The minimum atomic E-state index is -3.49. The first kappa shape index (κ1) is 15.0. The van der Waals surface area contributed by atoms with E-state index in [1.807, 2.05) is 33.8 Å². The second kappa shape index (κ2) is 5.71. The highest BCUT2D eigenvalue weighted by Crippen LogP contribution is 2.22. The van der Waals surface area contributed by atoms with Crippen LogP contribution in [0, 0.1) is 0 Å². The molecular weight excluding hydrogens is 248 g/mol. The predicted octanol–water partition coefficient (Wildman–Crippen LogP) is 2.59. The van der Waals surface area contributed by atoms with Crippen molar-refractivity contribution in [2.24, 2.45) is 0 Å². The smallest absolute Gasteiger partial charge is 0.243 e. The molecule has 0 saturated heterocycles. The molecule has 0 heterocycles. The minimum Gasteiger partial charge on any atom is -0.384 e. The minimum absolute atomic E-state index is 0.299. The highest BCUT2D eigenvalue weighted by Gasteiger charge is 2.24. The molecule has 5 heteroatoms. The van der Waals surface area contributed by atoms with Gasteiger partial charge in [-0.25, -0.2) is 13.1 Å². The molecule has 0 amide bonds. The van der Waals surface area contributed by atoms with Gasteiger partial charge < -0.3 is 5.32 Å². The number of hydrogen-bond donors (Lipinski definition) is 2. The summed E-state index contributed by atoms with van der Waals surface area (Å²) < 4.78 is 27.2. The fourth-order valence-corrected chi connectivity index (χ4v) is 3.17. The number of nitrogens with one attached hydrogen (secondary N) is 2. The lowest BCUT2D eigenvalue weighted by Gasteiger charge is -2.21. The SMILES string of the molecule is CCCNc1ccccc1S(=O)(=O)NC(C)(C)C. The zero-order chi connectivity index (χ0) is 13.8. The van der Waals surface area contributed by atoms with E-state index in [9.17, 15) is 8.42 Å². The molecule has 0 saturated carbocycles. The summed E-state index contributed by atoms with van der Waals surface area (Å²) in [6.07, 6.45) is 0.946. The molecule has 0 unspecified atom stereocenters. The van der Waals surface area contributed by atoms with E-state index in [4.69, 9.17) is 0 Å². The van der Waals surface area contributed by atoms with Crippen LogP contribution in [0.2, 0.25) is 0 Å². The predicted molar refractivity (Wildman–Crippen MR) is 75.3 cm³/mol. The topological polar surface area (TPSA) is 58.2 Å². The Morgan fingerprint density at radius 2 is 1.78 bits per heavy atom. The molecular formula is C13H22N2O2S. The van der Waals surface area contributed by atoms with Gasteiger partial charge in [-0.15, -0.1) is 0 Å². The Balaban J connectivity index is 3.08. The third kappa shape index (κ3) is 4.31. The Morgan fingerprint density at radius 1 is 1.17 bits per heavy atom. The summed E-state index contributed by atoms with van der Waals surface area (Å²) in [5, 5.41) is 3.14. The molecule has 1 aromatic rings. The molecule has 1 aromatic carbocycles. The first-order valence-electron chi connectivity index (χ1n) is 6.13. The summed E-state index contributed by atoms with van der Waals surface area (Å²) in [5.41, 5.74) is 0.160. The Morgan fingerprint density at radius 3 is 2.33 bits per heavy atom. The van der Waals surface area contributed by atoms with Gasteiger partial charge in [0.1, 0.15) is 4.90 Å². The summed E-state index contributed by atoms with van der Waals surface area (Å²) in [7, 11) is -3.49. The molecule has 0 atom stereocenters. The molecule has 0 aromatic heterocycles. The summed E-state index contributed by atoms with van der Waals surface area (Å²) in [4.78, 5) is 0.299. The van der Waals surface area contributed by atoms with Gasteiger partial charge in [0, 0.05) is 12.1 Å². The maximum Gasteiger partial charge on any atom is 0.243 e. The standard InChI is InChI=1S/C13H22N2O2S/c1-5-10-14-11-8-6-7-9-12(11)18(16,17)15-13(2,3)4/h6-9,14-15H,5,10H2,1-4H3. The zero-order valence-corrected chi connectivity index (χ0v) is 12.3. The van der Waals surface area contributed by atoms with Gasteiger partial charge in [-0.2, -0.15) is 0 Å². The summed E-state index contributed by atoms with van der Waals surface area (Å²) in [5.74, 6) is 0. The van der Waals surface area contributed by atoms with Crippen LogP contribution in [0.5, 0.6) is 0 Å². The molecule has 0 aliphatic rings. The van der Waals surface area contributed by atoms with Crippen molar-refractivity contribution in [3.05, 3.63) is 24.3 Å². The average Bonchev–Trinajstić information content (AvgIpc) is 2.23.